The summed E-state index contributed by atoms with van der Waals surface area (Å²) in [5, 5.41) is 4.46. The molecule has 3 heterocycles. The van der Waals surface area contributed by atoms with Crippen molar-refractivity contribution in [3.05, 3.63) is 17.0 Å². The van der Waals surface area contributed by atoms with Crippen LogP contribution in [0.2, 0.25) is 0 Å². The SMILES string of the molecule is CN(C)C(=O)c1nn(C)c2c1COC1(CCN(C(=O)C3CCC3)CC1)C2. The second-order valence-corrected chi connectivity index (χ2v) is 8.20. The van der Waals surface area contributed by atoms with Gasteiger partial charge in [0, 0.05) is 57.8 Å². The third-order valence-electron chi connectivity index (χ3n) is 6.34. The summed E-state index contributed by atoms with van der Waals surface area (Å²) in [6, 6.07) is 0. The van der Waals surface area contributed by atoms with Gasteiger partial charge in [-0.25, -0.2) is 0 Å². The van der Waals surface area contributed by atoms with Gasteiger partial charge in [0.1, 0.15) is 0 Å². The molecule has 0 unspecified atom stereocenters. The first-order chi connectivity index (χ1) is 12.4. The van der Waals surface area contributed by atoms with Gasteiger partial charge in [0.05, 0.1) is 12.2 Å². The number of carbonyl (C=O) groups excluding carboxylic acids is 2. The maximum atomic E-state index is 12.5. The largest absolute Gasteiger partial charge is 0.370 e. The van der Waals surface area contributed by atoms with Crippen molar-refractivity contribution in [1.82, 2.24) is 19.6 Å². The molecule has 0 N–H and O–H groups in total. The van der Waals surface area contributed by atoms with Crippen molar-refractivity contribution in [2.24, 2.45) is 13.0 Å². The lowest BCUT2D eigenvalue weighted by Gasteiger charge is -2.45. The van der Waals surface area contributed by atoms with Crippen molar-refractivity contribution in [3.63, 3.8) is 0 Å². The van der Waals surface area contributed by atoms with Crippen LogP contribution in [0.5, 0.6) is 0 Å². The summed E-state index contributed by atoms with van der Waals surface area (Å²) in [6.07, 6.45) is 5.77. The first kappa shape index (κ1) is 17.5. The summed E-state index contributed by atoms with van der Waals surface area (Å²) in [5.41, 5.74) is 2.29. The van der Waals surface area contributed by atoms with E-state index in [1.807, 2.05) is 16.6 Å². The zero-order valence-corrected chi connectivity index (χ0v) is 16.0. The molecule has 1 saturated heterocycles. The molecule has 3 aliphatic rings. The minimum atomic E-state index is -0.227. The molecular formula is C19H28N4O3. The molecule has 0 radical (unpaired) electrons. The van der Waals surface area contributed by atoms with E-state index in [1.54, 1.807) is 19.0 Å². The van der Waals surface area contributed by atoms with Crippen LogP contribution in [0.1, 0.15) is 53.8 Å². The van der Waals surface area contributed by atoms with Crippen molar-refractivity contribution < 1.29 is 14.3 Å². The summed E-state index contributed by atoms with van der Waals surface area (Å²) >= 11 is 0. The monoisotopic (exact) mass is 360 g/mol. The maximum absolute atomic E-state index is 12.5. The number of aryl methyl sites for hydroxylation is 1. The number of likely N-dealkylation sites (tertiary alicyclic amines) is 1. The van der Waals surface area contributed by atoms with Gasteiger partial charge in [0.2, 0.25) is 5.91 Å². The fourth-order valence-corrected chi connectivity index (χ4v) is 4.31. The molecular weight excluding hydrogens is 332 g/mol. The van der Waals surface area contributed by atoms with Crippen LogP contribution >= 0.6 is 0 Å². The molecule has 26 heavy (non-hydrogen) atoms. The molecule has 2 amide bonds. The van der Waals surface area contributed by atoms with Gasteiger partial charge in [0.25, 0.3) is 5.91 Å². The summed E-state index contributed by atoms with van der Waals surface area (Å²) < 4.78 is 8.12. The van der Waals surface area contributed by atoms with Crippen molar-refractivity contribution >= 4 is 11.8 Å². The minimum Gasteiger partial charge on any atom is -0.370 e. The lowest BCUT2D eigenvalue weighted by molar-refractivity contribution is -0.147. The first-order valence-corrected chi connectivity index (χ1v) is 9.59. The Kier molecular flexibility index (Phi) is 4.29. The van der Waals surface area contributed by atoms with Crippen LogP contribution in [-0.4, -0.2) is 64.2 Å². The maximum Gasteiger partial charge on any atom is 0.274 e. The van der Waals surface area contributed by atoms with Crippen LogP contribution in [0, 0.1) is 5.92 Å². The van der Waals surface area contributed by atoms with Crippen molar-refractivity contribution in [2.75, 3.05) is 27.2 Å². The lowest BCUT2D eigenvalue weighted by atomic mass is 9.81. The Morgan fingerprint density at radius 1 is 1.23 bits per heavy atom. The average Bonchev–Trinajstić information content (AvgIpc) is 2.89. The molecule has 1 aromatic rings. The summed E-state index contributed by atoms with van der Waals surface area (Å²) in [4.78, 5) is 28.4. The highest BCUT2D eigenvalue weighted by Crippen LogP contribution is 2.38. The zero-order chi connectivity index (χ0) is 18.5. The number of piperidine rings is 1. The number of hydrogen-bond acceptors (Lipinski definition) is 4. The van der Waals surface area contributed by atoms with Crippen LogP contribution in [0.4, 0.5) is 0 Å². The molecule has 1 aromatic heterocycles. The highest BCUT2D eigenvalue weighted by molar-refractivity contribution is 5.93. The minimum absolute atomic E-state index is 0.0812. The zero-order valence-electron chi connectivity index (χ0n) is 16.0. The number of hydrogen-bond donors (Lipinski definition) is 0. The smallest absolute Gasteiger partial charge is 0.274 e. The molecule has 7 heteroatoms. The highest BCUT2D eigenvalue weighted by atomic mass is 16.5. The second kappa shape index (κ2) is 6.37. The van der Waals surface area contributed by atoms with Crippen LogP contribution in [0.25, 0.3) is 0 Å². The van der Waals surface area contributed by atoms with E-state index in [0.717, 1.165) is 56.5 Å². The summed E-state index contributed by atoms with van der Waals surface area (Å²) in [6.45, 7) is 1.96. The normalized spacial score (nSPS) is 22.0. The first-order valence-electron chi connectivity index (χ1n) is 9.59. The Morgan fingerprint density at radius 3 is 2.50 bits per heavy atom. The third-order valence-corrected chi connectivity index (χ3v) is 6.34. The molecule has 2 aliphatic heterocycles. The Balaban J connectivity index is 1.47. The summed E-state index contributed by atoms with van der Waals surface area (Å²) in [7, 11) is 5.38. The third kappa shape index (κ3) is 2.82. The van der Waals surface area contributed by atoms with E-state index in [-0.39, 0.29) is 17.4 Å². The summed E-state index contributed by atoms with van der Waals surface area (Å²) in [5.74, 6) is 0.518. The number of rotatable bonds is 2. The van der Waals surface area contributed by atoms with Gasteiger partial charge in [0.15, 0.2) is 5.69 Å². The molecule has 0 aromatic carbocycles. The van der Waals surface area contributed by atoms with Gasteiger partial charge in [-0.2, -0.15) is 5.10 Å². The van der Waals surface area contributed by atoms with E-state index in [4.69, 9.17) is 4.74 Å². The van der Waals surface area contributed by atoms with Gasteiger partial charge < -0.3 is 14.5 Å². The Labute approximate surface area is 154 Å². The van der Waals surface area contributed by atoms with E-state index >= 15 is 0 Å². The molecule has 142 valence electrons. The van der Waals surface area contributed by atoms with Gasteiger partial charge in [-0.15, -0.1) is 0 Å². The quantitative estimate of drug-likeness (QED) is 0.799. The van der Waals surface area contributed by atoms with Gasteiger partial charge >= 0.3 is 0 Å². The predicted octanol–water partition coefficient (Wildman–Crippen LogP) is 1.36. The van der Waals surface area contributed by atoms with E-state index in [9.17, 15) is 9.59 Å². The van der Waals surface area contributed by atoms with E-state index in [1.165, 1.54) is 6.42 Å². The standard InChI is InChI=1S/C19H28N4O3/c1-21(2)18(25)16-14-12-26-19(11-15(14)22(3)20-16)7-9-23(10-8-19)17(24)13-5-4-6-13/h13H,4-12H2,1-3H3. The molecule has 1 aliphatic carbocycles. The number of aromatic nitrogens is 2. The number of carbonyl (C=O) groups is 2. The molecule has 1 spiro atoms. The topological polar surface area (TPSA) is 67.7 Å². The number of fused-ring (bicyclic) bond motifs is 1. The number of ether oxygens (including phenoxy) is 1. The predicted molar refractivity (Wildman–Crippen MR) is 95.6 cm³/mol. The van der Waals surface area contributed by atoms with Crippen LogP contribution < -0.4 is 0 Å². The second-order valence-electron chi connectivity index (χ2n) is 8.20. The number of nitrogens with zero attached hydrogens (tertiary/aromatic N) is 4. The van der Waals surface area contributed by atoms with Crippen LogP contribution in [-0.2, 0) is 29.6 Å². The highest BCUT2D eigenvalue weighted by Gasteiger charge is 2.43. The molecule has 0 bridgehead atoms. The van der Waals surface area contributed by atoms with Gasteiger partial charge in [-0.3, -0.25) is 14.3 Å². The number of amides is 2. The van der Waals surface area contributed by atoms with E-state index in [0.29, 0.717) is 18.2 Å². The van der Waals surface area contributed by atoms with Crippen molar-refractivity contribution in [3.8, 4) is 0 Å². The fourth-order valence-electron chi connectivity index (χ4n) is 4.31. The Bertz CT molecular complexity index is 727. The fraction of sp³-hybridized carbons (Fsp3) is 0.737. The van der Waals surface area contributed by atoms with Crippen LogP contribution in [0.15, 0.2) is 0 Å². The van der Waals surface area contributed by atoms with Crippen molar-refractivity contribution in [1.29, 1.82) is 0 Å². The Morgan fingerprint density at radius 2 is 1.92 bits per heavy atom. The molecule has 7 nitrogen and oxygen atoms in total. The van der Waals surface area contributed by atoms with Crippen molar-refractivity contribution in [2.45, 2.75) is 50.7 Å². The van der Waals surface area contributed by atoms with Crippen LogP contribution in [0.3, 0.4) is 0 Å². The van der Waals surface area contributed by atoms with Gasteiger partial charge in [-0.1, -0.05) is 6.42 Å². The molecule has 2 fully saturated rings. The van der Waals surface area contributed by atoms with E-state index in [2.05, 4.69) is 5.10 Å². The van der Waals surface area contributed by atoms with E-state index < -0.39 is 0 Å². The lowest BCUT2D eigenvalue weighted by Crippen LogP contribution is -2.52. The average molecular weight is 360 g/mol. The Hall–Kier alpha value is -1.89. The molecule has 4 rings (SSSR count). The molecule has 0 atom stereocenters. The van der Waals surface area contributed by atoms with Gasteiger partial charge in [-0.05, 0) is 25.7 Å². The molecule has 1 saturated carbocycles.